The van der Waals surface area contributed by atoms with Gasteiger partial charge >= 0.3 is 6.61 Å². The molecule has 1 aromatic carbocycles. The van der Waals surface area contributed by atoms with Crippen molar-refractivity contribution in [2.45, 2.75) is 45.8 Å². The highest BCUT2D eigenvalue weighted by Crippen LogP contribution is 2.21. The first-order chi connectivity index (χ1) is 12.8. The number of nitrogens with one attached hydrogen (secondary N) is 1. The zero-order valence-corrected chi connectivity index (χ0v) is 15.7. The van der Waals surface area contributed by atoms with Crippen LogP contribution in [-0.2, 0) is 9.59 Å². The topological polar surface area (TPSA) is 58.6 Å². The zero-order chi connectivity index (χ0) is 19.8. The number of carbonyl (C=O) groups is 2. The second-order valence-electron chi connectivity index (χ2n) is 7.01. The molecule has 1 heterocycles. The Labute approximate surface area is 158 Å². The third-order valence-corrected chi connectivity index (χ3v) is 4.33. The van der Waals surface area contributed by atoms with Crippen LogP contribution in [0.5, 0.6) is 5.75 Å². The van der Waals surface area contributed by atoms with E-state index >= 15 is 0 Å². The highest BCUT2D eigenvalue weighted by molar-refractivity contribution is 5.92. The molecular weight excluding hydrogens is 354 g/mol. The molecule has 148 valence electrons. The third-order valence-electron chi connectivity index (χ3n) is 4.33. The summed E-state index contributed by atoms with van der Waals surface area (Å²) in [6, 6.07) is 6.29. The fraction of sp³-hybridized carbons (Fsp3) is 0.500. The van der Waals surface area contributed by atoms with Crippen LogP contribution in [0.1, 0.15) is 38.7 Å². The highest BCUT2D eigenvalue weighted by Gasteiger charge is 2.23. The summed E-state index contributed by atoms with van der Waals surface area (Å²) < 4.78 is 29.3. The van der Waals surface area contributed by atoms with Gasteiger partial charge in [0.25, 0.3) is 0 Å². The number of hydrogen-bond donors (Lipinski definition) is 1. The largest absolute Gasteiger partial charge is 0.434 e. The van der Waals surface area contributed by atoms with Gasteiger partial charge in [-0.05, 0) is 30.9 Å². The third kappa shape index (κ3) is 7.00. The van der Waals surface area contributed by atoms with E-state index < -0.39 is 6.61 Å². The van der Waals surface area contributed by atoms with E-state index in [0.717, 1.165) is 0 Å². The van der Waals surface area contributed by atoms with Crippen molar-refractivity contribution < 1.29 is 23.1 Å². The van der Waals surface area contributed by atoms with Crippen LogP contribution in [-0.4, -0.2) is 42.5 Å². The summed E-state index contributed by atoms with van der Waals surface area (Å²) >= 11 is 0. The lowest BCUT2D eigenvalue weighted by molar-refractivity contribution is -0.133. The van der Waals surface area contributed by atoms with Crippen LogP contribution in [0.3, 0.4) is 0 Å². The number of halogens is 2. The monoisotopic (exact) mass is 380 g/mol. The van der Waals surface area contributed by atoms with Crippen LogP contribution >= 0.6 is 0 Å². The van der Waals surface area contributed by atoms with Gasteiger partial charge < -0.3 is 15.0 Å². The maximum absolute atomic E-state index is 12.4. The molecule has 1 saturated heterocycles. The molecule has 1 aliphatic rings. The molecule has 0 bridgehead atoms. The van der Waals surface area contributed by atoms with Crippen molar-refractivity contribution in [1.82, 2.24) is 10.2 Å². The smallest absolute Gasteiger partial charge is 0.387 e. The van der Waals surface area contributed by atoms with Crippen LogP contribution in [0.4, 0.5) is 8.78 Å². The van der Waals surface area contributed by atoms with Gasteiger partial charge in [0.2, 0.25) is 11.8 Å². The fourth-order valence-corrected chi connectivity index (χ4v) is 2.99. The minimum Gasteiger partial charge on any atom is -0.434 e. The van der Waals surface area contributed by atoms with Crippen molar-refractivity contribution in [3.63, 3.8) is 0 Å². The summed E-state index contributed by atoms with van der Waals surface area (Å²) in [5.74, 6) is 0.213. The predicted octanol–water partition coefficient (Wildman–Crippen LogP) is 3.45. The Hall–Kier alpha value is -2.44. The quantitative estimate of drug-likeness (QED) is 0.737. The summed E-state index contributed by atoms with van der Waals surface area (Å²) in [4.78, 5) is 26.0. The van der Waals surface area contributed by atoms with Gasteiger partial charge in [-0.3, -0.25) is 9.59 Å². The molecular formula is C20H26F2N2O3. The Morgan fingerprint density at radius 1 is 1.26 bits per heavy atom. The van der Waals surface area contributed by atoms with E-state index in [1.54, 1.807) is 18.2 Å². The molecule has 0 aromatic heterocycles. The van der Waals surface area contributed by atoms with E-state index in [1.165, 1.54) is 18.2 Å². The van der Waals surface area contributed by atoms with Crippen LogP contribution in [0.25, 0.3) is 6.08 Å². The predicted molar refractivity (Wildman–Crippen MR) is 99.3 cm³/mol. The number of para-hydroxylation sites is 1. The summed E-state index contributed by atoms with van der Waals surface area (Å²) in [5, 5.41) is 2.90. The lowest BCUT2D eigenvalue weighted by atomic mass is 10.0. The van der Waals surface area contributed by atoms with E-state index in [1.807, 2.05) is 18.7 Å². The average molecular weight is 380 g/mol. The molecule has 1 aromatic rings. The van der Waals surface area contributed by atoms with Crippen molar-refractivity contribution in [2.75, 3.05) is 13.1 Å². The van der Waals surface area contributed by atoms with Gasteiger partial charge in [0, 0.05) is 37.2 Å². The van der Waals surface area contributed by atoms with Gasteiger partial charge in [0.05, 0.1) is 0 Å². The van der Waals surface area contributed by atoms with Gasteiger partial charge in [0.15, 0.2) is 0 Å². The van der Waals surface area contributed by atoms with Gasteiger partial charge in [-0.1, -0.05) is 32.0 Å². The average Bonchev–Trinajstić information content (AvgIpc) is 2.60. The molecule has 0 atom stereocenters. The number of benzene rings is 1. The van der Waals surface area contributed by atoms with E-state index in [2.05, 4.69) is 10.1 Å². The van der Waals surface area contributed by atoms with Crippen LogP contribution in [0.2, 0.25) is 0 Å². The minimum absolute atomic E-state index is 0.00203. The number of alkyl halides is 2. The number of carbonyl (C=O) groups excluding carboxylic acids is 2. The fourth-order valence-electron chi connectivity index (χ4n) is 2.99. The number of likely N-dealkylation sites (tertiary alicyclic amines) is 1. The molecule has 2 rings (SSSR count). The van der Waals surface area contributed by atoms with Gasteiger partial charge in [-0.15, -0.1) is 0 Å². The summed E-state index contributed by atoms with van der Waals surface area (Å²) in [6.07, 6.45) is 4.71. The lowest BCUT2D eigenvalue weighted by Gasteiger charge is -2.32. The Kier molecular flexibility index (Phi) is 7.76. The molecule has 0 unspecified atom stereocenters. The van der Waals surface area contributed by atoms with E-state index in [-0.39, 0.29) is 23.6 Å². The summed E-state index contributed by atoms with van der Waals surface area (Å²) in [7, 11) is 0. The maximum Gasteiger partial charge on any atom is 0.387 e. The van der Waals surface area contributed by atoms with Crippen LogP contribution in [0.15, 0.2) is 30.3 Å². The second kappa shape index (κ2) is 10.0. The first kappa shape index (κ1) is 20.9. The maximum atomic E-state index is 12.4. The van der Waals surface area contributed by atoms with E-state index in [4.69, 9.17) is 0 Å². The molecule has 0 aliphatic carbocycles. The van der Waals surface area contributed by atoms with Crippen molar-refractivity contribution in [3.05, 3.63) is 35.9 Å². The number of nitrogens with zero attached hydrogens (tertiary/aromatic N) is 1. The molecule has 27 heavy (non-hydrogen) atoms. The van der Waals surface area contributed by atoms with Crippen molar-refractivity contribution in [2.24, 2.45) is 5.92 Å². The SMILES string of the molecule is CC(C)CC(=O)N1CCC(NC(=O)/C=C/c2ccccc2OC(F)F)CC1. The number of hydrogen-bond acceptors (Lipinski definition) is 3. The van der Waals surface area contributed by atoms with Gasteiger partial charge in [0.1, 0.15) is 5.75 Å². The highest BCUT2D eigenvalue weighted by atomic mass is 19.3. The number of piperidine rings is 1. The Morgan fingerprint density at radius 3 is 2.56 bits per heavy atom. The van der Waals surface area contributed by atoms with Crippen molar-refractivity contribution in [1.29, 1.82) is 0 Å². The Morgan fingerprint density at radius 2 is 1.93 bits per heavy atom. The second-order valence-corrected chi connectivity index (χ2v) is 7.01. The molecule has 0 saturated carbocycles. The zero-order valence-electron chi connectivity index (χ0n) is 15.7. The van der Waals surface area contributed by atoms with Gasteiger partial charge in [-0.25, -0.2) is 0 Å². The van der Waals surface area contributed by atoms with Crippen molar-refractivity contribution in [3.8, 4) is 5.75 Å². The normalized spacial score (nSPS) is 15.6. The molecule has 5 nitrogen and oxygen atoms in total. The molecule has 0 spiro atoms. The first-order valence-corrected chi connectivity index (χ1v) is 9.15. The molecule has 7 heteroatoms. The van der Waals surface area contributed by atoms with Crippen molar-refractivity contribution >= 4 is 17.9 Å². The molecule has 2 amide bonds. The molecule has 1 N–H and O–H groups in total. The minimum atomic E-state index is -2.92. The Balaban J connectivity index is 1.83. The summed E-state index contributed by atoms with van der Waals surface area (Å²) in [6.45, 7) is 2.37. The first-order valence-electron chi connectivity index (χ1n) is 9.15. The number of rotatable bonds is 7. The van der Waals surface area contributed by atoms with E-state index in [9.17, 15) is 18.4 Å². The molecule has 1 fully saturated rings. The number of ether oxygens (including phenoxy) is 1. The van der Waals surface area contributed by atoms with Gasteiger partial charge in [-0.2, -0.15) is 8.78 Å². The molecule has 0 radical (unpaired) electrons. The van der Waals surface area contributed by atoms with Crippen LogP contribution < -0.4 is 10.1 Å². The van der Waals surface area contributed by atoms with E-state index in [0.29, 0.717) is 43.8 Å². The summed E-state index contributed by atoms with van der Waals surface area (Å²) in [5.41, 5.74) is 0.405. The lowest BCUT2D eigenvalue weighted by Crippen LogP contribution is -2.46. The molecule has 1 aliphatic heterocycles. The Bertz CT molecular complexity index is 669. The van der Waals surface area contributed by atoms with Crippen LogP contribution in [0, 0.1) is 5.92 Å². The number of amides is 2. The standard InChI is InChI=1S/C20H26F2N2O3/c1-14(2)13-19(26)24-11-9-16(10-12-24)23-18(25)8-7-15-5-3-4-6-17(15)27-20(21)22/h3-8,14,16,20H,9-13H2,1-2H3,(H,23,25)/b8-7+.